The number of aryl methyl sites for hydroxylation is 2. The molecule has 0 spiro atoms. The van der Waals surface area contributed by atoms with Crippen LogP contribution in [0.25, 0.3) is 0 Å². The number of rotatable bonds is 5. The predicted molar refractivity (Wildman–Crippen MR) is 92.0 cm³/mol. The molecule has 4 nitrogen and oxygen atoms in total. The summed E-state index contributed by atoms with van der Waals surface area (Å²) in [4.78, 5) is 26.0. The molecule has 0 unspecified atom stereocenters. The van der Waals surface area contributed by atoms with Crippen molar-refractivity contribution in [2.45, 2.75) is 52.5 Å². The second-order valence-electron chi connectivity index (χ2n) is 6.73. The van der Waals surface area contributed by atoms with Crippen LogP contribution in [0.4, 0.5) is 0 Å². The van der Waals surface area contributed by atoms with Gasteiger partial charge in [0, 0.05) is 19.5 Å². The molecule has 1 N–H and O–H groups in total. The van der Waals surface area contributed by atoms with Gasteiger partial charge in [-0.3, -0.25) is 9.59 Å². The normalized spacial score (nSPS) is 15.3. The Balaban J connectivity index is 1.81. The number of benzene rings is 1. The van der Waals surface area contributed by atoms with Crippen LogP contribution in [0.15, 0.2) is 18.2 Å². The van der Waals surface area contributed by atoms with E-state index >= 15 is 0 Å². The molecule has 1 fully saturated rings. The quantitative estimate of drug-likeness (QED) is 0.908. The Kier molecular flexibility index (Phi) is 6.20. The highest BCUT2D eigenvalue weighted by Gasteiger charge is 2.21. The van der Waals surface area contributed by atoms with Gasteiger partial charge in [-0.25, -0.2) is 0 Å². The van der Waals surface area contributed by atoms with Crippen molar-refractivity contribution in [2.75, 3.05) is 13.6 Å². The van der Waals surface area contributed by atoms with Gasteiger partial charge < -0.3 is 10.2 Å². The lowest BCUT2D eigenvalue weighted by molar-refractivity contribution is -0.133. The van der Waals surface area contributed by atoms with E-state index in [1.54, 1.807) is 11.9 Å². The van der Waals surface area contributed by atoms with Crippen LogP contribution < -0.4 is 5.32 Å². The monoisotopic (exact) mass is 316 g/mol. The third-order valence-corrected chi connectivity index (χ3v) is 4.72. The molecule has 2 rings (SSSR count). The Labute approximate surface area is 139 Å². The molecule has 0 aliphatic heterocycles. The summed E-state index contributed by atoms with van der Waals surface area (Å²) in [6.07, 6.45) is 5.38. The summed E-state index contributed by atoms with van der Waals surface area (Å²) in [5, 5.41) is 2.81. The van der Waals surface area contributed by atoms with Gasteiger partial charge in [0.2, 0.25) is 11.8 Å². The lowest BCUT2D eigenvalue weighted by Crippen LogP contribution is -2.40. The van der Waals surface area contributed by atoms with Crippen LogP contribution in [0, 0.1) is 19.8 Å². The number of hydrogen-bond donors (Lipinski definition) is 1. The van der Waals surface area contributed by atoms with Crippen LogP contribution in [0.3, 0.4) is 0 Å². The van der Waals surface area contributed by atoms with E-state index in [9.17, 15) is 9.59 Å². The molecule has 0 atom stereocenters. The lowest BCUT2D eigenvalue weighted by Gasteiger charge is -2.22. The fourth-order valence-electron chi connectivity index (χ4n) is 3.17. The SMILES string of the molecule is Cc1ccc(CN(C)C(=O)CNC(=O)C2CCCCC2)c(C)c1. The summed E-state index contributed by atoms with van der Waals surface area (Å²) in [7, 11) is 1.79. The summed E-state index contributed by atoms with van der Waals surface area (Å²) in [5.41, 5.74) is 3.56. The number of likely N-dealkylation sites (N-methyl/N-ethyl adjacent to an activating group) is 1. The van der Waals surface area contributed by atoms with E-state index in [4.69, 9.17) is 0 Å². The van der Waals surface area contributed by atoms with Crippen LogP contribution in [-0.4, -0.2) is 30.3 Å². The van der Waals surface area contributed by atoms with Crippen molar-refractivity contribution in [3.05, 3.63) is 34.9 Å². The molecular formula is C19H28N2O2. The van der Waals surface area contributed by atoms with Crippen LogP contribution in [0.1, 0.15) is 48.8 Å². The fourth-order valence-corrected chi connectivity index (χ4v) is 3.17. The first-order valence-electron chi connectivity index (χ1n) is 8.55. The minimum Gasteiger partial charge on any atom is -0.347 e. The molecule has 1 saturated carbocycles. The van der Waals surface area contributed by atoms with Gasteiger partial charge in [-0.1, -0.05) is 43.0 Å². The average Bonchev–Trinajstić information content (AvgIpc) is 2.55. The van der Waals surface area contributed by atoms with Gasteiger partial charge in [0.15, 0.2) is 0 Å². The molecule has 1 aliphatic carbocycles. The first-order chi connectivity index (χ1) is 11.0. The second-order valence-corrected chi connectivity index (χ2v) is 6.73. The van der Waals surface area contributed by atoms with E-state index in [-0.39, 0.29) is 24.3 Å². The fraction of sp³-hybridized carbons (Fsp3) is 0.579. The Morgan fingerprint density at radius 3 is 2.52 bits per heavy atom. The Hall–Kier alpha value is -1.84. The highest BCUT2D eigenvalue weighted by atomic mass is 16.2. The highest BCUT2D eigenvalue weighted by molar-refractivity contribution is 5.85. The standard InChI is InChI=1S/C19H28N2O2/c1-14-9-10-17(15(2)11-14)13-21(3)18(22)12-20-19(23)16-7-5-4-6-8-16/h9-11,16H,4-8,12-13H2,1-3H3,(H,20,23). The zero-order chi connectivity index (χ0) is 16.8. The highest BCUT2D eigenvalue weighted by Crippen LogP contribution is 2.23. The molecule has 0 heterocycles. The summed E-state index contributed by atoms with van der Waals surface area (Å²) in [5.74, 6) is 0.0910. The third kappa shape index (κ3) is 5.08. The number of nitrogens with one attached hydrogen (secondary N) is 1. The van der Waals surface area contributed by atoms with Gasteiger partial charge >= 0.3 is 0 Å². The zero-order valence-electron chi connectivity index (χ0n) is 14.5. The van der Waals surface area contributed by atoms with Gasteiger partial charge in [0.1, 0.15) is 0 Å². The van der Waals surface area contributed by atoms with Gasteiger partial charge in [-0.15, -0.1) is 0 Å². The Morgan fingerprint density at radius 1 is 1.17 bits per heavy atom. The molecule has 2 amide bonds. The first-order valence-corrected chi connectivity index (χ1v) is 8.55. The second kappa shape index (κ2) is 8.14. The molecule has 1 aliphatic rings. The van der Waals surface area contributed by atoms with Crippen molar-refractivity contribution in [1.29, 1.82) is 0 Å². The van der Waals surface area contributed by atoms with Crippen molar-refractivity contribution in [2.24, 2.45) is 5.92 Å². The Bertz CT molecular complexity index is 562. The molecule has 1 aromatic carbocycles. The van der Waals surface area contributed by atoms with Gasteiger partial charge in [-0.05, 0) is 37.8 Å². The maximum absolute atomic E-state index is 12.2. The number of amides is 2. The van der Waals surface area contributed by atoms with Gasteiger partial charge in [-0.2, -0.15) is 0 Å². The van der Waals surface area contributed by atoms with Crippen molar-refractivity contribution in [1.82, 2.24) is 10.2 Å². The molecule has 0 radical (unpaired) electrons. The van der Waals surface area contributed by atoms with Crippen molar-refractivity contribution in [3.8, 4) is 0 Å². The minimum atomic E-state index is -0.0471. The predicted octanol–water partition coefficient (Wildman–Crippen LogP) is 2.96. The first kappa shape index (κ1) is 17.5. The molecule has 0 bridgehead atoms. The number of carbonyl (C=O) groups is 2. The van der Waals surface area contributed by atoms with Gasteiger partial charge in [0.05, 0.1) is 6.54 Å². The topological polar surface area (TPSA) is 49.4 Å². The van der Waals surface area contributed by atoms with E-state index in [0.717, 1.165) is 31.2 Å². The molecule has 126 valence electrons. The maximum Gasteiger partial charge on any atom is 0.242 e. The lowest BCUT2D eigenvalue weighted by atomic mass is 9.89. The molecule has 0 aromatic heterocycles. The number of carbonyl (C=O) groups excluding carboxylic acids is 2. The summed E-state index contributed by atoms with van der Waals surface area (Å²) < 4.78 is 0. The number of nitrogens with zero attached hydrogens (tertiary/aromatic N) is 1. The zero-order valence-corrected chi connectivity index (χ0v) is 14.5. The number of hydrogen-bond acceptors (Lipinski definition) is 2. The van der Waals surface area contributed by atoms with Crippen LogP contribution in [0.2, 0.25) is 0 Å². The van der Waals surface area contributed by atoms with Crippen molar-refractivity contribution in [3.63, 3.8) is 0 Å². The van der Waals surface area contributed by atoms with E-state index in [0.29, 0.717) is 6.54 Å². The van der Waals surface area contributed by atoms with Crippen molar-refractivity contribution >= 4 is 11.8 Å². The Morgan fingerprint density at radius 2 is 1.87 bits per heavy atom. The summed E-state index contributed by atoms with van der Waals surface area (Å²) in [6, 6.07) is 6.25. The van der Waals surface area contributed by atoms with Crippen molar-refractivity contribution < 1.29 is 9.59 Å². The molecular weight excluding hydrogens is 288 g/mol. The minimum absolute atomic E-state index is 0.0398. The van der Waals surface area contributed by atoms with Crippen LogP contribution in [-0.2, 0) is 16.1 Å². The smallest absolute Gasteiger partial charge is 0.242 e. The maximum atomic E-state index is 12.2. The third-order valence-electron chi connectivity index (χ3n) is 4.72. The average molecular weight is 316 g/mol. The van der Waals surface area contributed by atoms with E-state index in [2.05, 4.69) is 37.4 Å². The van der Waals surface area contributed by atoms with Gasteiger partial charge in [0.25, 0.3) is 0 Å². The van der Waals surface area contributed by atoms with E-state index in [1.807, 2.05) is 0 Å². The van der Waals surface area contributed by atoms with Crippen LogP contribution >= 0.6 is 0 Å². The molecule has 23 heavy (non-hydrogen) atoms. The van der Waals surface area contributed by atoms with E-state index in [1.165, 1.54) is 17.5 Å². The molecule has 4 heteroatoms. The molecule has 1 aromatic rings. The summed E-state index contributed by atoms with van der Waals surface area (Å²) >= 11 is 0. The van der Waals surface area contributed by atoms with Crippen LogP contribution in [0.5, 0.6) is 0 Å². The summed E-state index contributed by atoms with van der Waals surface area (Å²) in [6.45, 7) is 4.79. The largest absolute Gasteiger partial charge is 0.347 e. The molecule has 0 saturated heterocycles. The van der Waals surface area contributed by atoms with E-state index < -0.39 is 0 Å².